The molecule has 0 aliphatic carbocycles. The van der Waals surface area contributed by atoms with Gasteiger partial charge in [-0.3, -0.25) is 4.79 Å². The van der Waals surface area contributed by atoms with E-state index in [-0.39, 0.29) is 12.5 Å². The smallest absolute Gasteiger partial charge is 0.257 e. The molecule has 2 aromatic carbocycles. The van der Waals surface area contributed by atoms with Gasteiger partial charge < -0.3 is 10.1 Å². The molecule has 1 amide bonds. The minimum Gasteiger partial charge on any atom is -0.493 e. The zero-order valence-corrected chi connectivity index (χ0v) is 11.1. The maximum atomic E-state index is 13.5. The molecular weight excluding hydrogens is 276 g/mol. The molecule has 0 saturated carbocycles. The van der Waals surface area contributed by atoms with E-state index in [0.29, 0.717) is 6.61 Å². The molecule has 0 radical (unpaired) electrons. The molecule has 108 valence electrons. The van der Waals surface area contributed by atoms with Crippen LogP contribution in [-0.4, -0.2) is 19.1 Å². The van der Waals surface area contributed by atoms with Crippen LogP contribution in [0.1, 0.15) is 21.8 Å². The van der Waals surface area contributed by atoms with E-state index in [1.165, 1.54) is 6.07 Å². The minimum atomic E-state index is -0.865. The average molecular weight is 289 g/mol. The number of benzene rings is 2. The van der Waals surface area contributed by atoms with Crippen molar-refractivity contribution in [3.63, 3.8) is 0 Å². The lowest BCUT2D eigenvalue weighted by Crippen LogP contribution is -2.30. The van der Waals surface area contributed by atoms with Gasteiger partial charge in [-0.05, 0) is 18.2 Å². The van der Waals surface area contributed by atoms with Gasteiger partial charge in [-0.1, -0.05) is 24.3 Å². The van der Waals surface area contributed by atoms with E-state index < -0.39 is 23.1 Å². The van der Waals surface area contributed by atoms with E-state index in [1.54, 1.807) is 0 Å². The normalized spacial score (nSPS) is 16.2. The Labute approximate surface area is 120 Å². The molecule has 0 spiro atoms. The highest BCUT2D eigenvalue weighted by atomic mass is 19.1. The average Bonchev–Trinajstić information content (AvgIpc) is 2.88. The van der Waals surface area contributed by atoms with Gasteiger partial charge in [0.1, 0.15) is 22.9 Å². The van der Waals surface area contributed by atoms with Gasteiger partial charge in [0, 0.05) is 18.0 Å². The number of para-hydroxylation sites is 1. The van der Waals surface area contributed by atoms with E-state index in [9.17, 15) is 13.6 Å². The second kappa shape index (κ2) is 5.52. The molecule has 1 aliphatic rings. The molecular formula is C16H13F2NO2. The Morgan fingerprint density at radius 1 is 1.14 bits per heavy atom. The fraction of sp³-hybridized carbons (Fsp3) is 0.188. The number of nitrogens with one attached hydrogen (secondary N) is 1. The van der Waals surface area contributed by atoms with Crippen molar-refractivity contribution in [1.29, 1.82) is 0 Å². The molecule has 0 fully saturated rings. The number of halogens is 2. The summed E-state index contributed by atoms with van der Waals surface area (Å²) in [7, 11) is 0. The van der Waals surface area contributed by atoms with Gasteiger partial charge >= 0.3 is 0 Å². The summed E-state index contributed by atoms with van der Waals surface area (Å²) in [5.41, 5.74) is 0.441. The maximum Gasteiger partial charge on any atom is 0.257 e. The van der Waals surface area contributed by atoms with Gasteiger partial charge in [0.05, 0.1) is 6.61 Å². The Morgan fingerprint density at radius 3 is 2.62 bits per heavy atom. The molecule has 21 heavy (non-hydrogen) atoms. The topological polar surface area (TPSA) is 38.3 Å². The van der Waals surface area contributed by atoms with Crippen LogP contribution in [0.2, 0.25) is 0 Å². The number of carbonyl (C=O) groups excluding carboxylic acids is 1. The SMILES string of the molecule is O=C(NC[C@H]1COc2ccccc21)c1c(F)cccc1F. The first-order valence-corrected chi connectivity index (χ1v) is 6.60. The Morgan fingerprint density at radius 2 is 1.86 bits per heavy atom. The van der Waals surface area contributed by atoms with Gasteiger partial charge in [0.25, 0.3) is 5.91 Å². The molecule has 3 rings (SSSR count). The molecule has 0 unspecified atom stereocenters. The number of hydrogen-bond acceptors (Lipinski definition) is 2. The Hall–Kier alpha value is -2.43. The van der Waals surface area contributed by atoms with Gasteiger partial charge in [-0.2, -0.15) is 0 Å². The number of fused-ring (bicyclic) bond motifs is 1. The second-order valence-corrected chi connectivity index (χ2v) is 4.85. The molecule has 2 aromatic rings. The van der Waals surface area contributed by atoms with Crippen molar-refractivity contribution in [2.75, 3.05) is 13.2 Å². The van der Waals surface area contributed by atoms with Crippen molar-refractivity contribution in [3.05, 3.63) is 65.2 Å². The first-order chi connectivity index (χ1) is 10.2. The Bertz CT molecular complexity index is 667. The van der Waals surface area contributed by atoms with Crippen LogP contribution in [0, 0.1) is 11.6 Å². The highest BCUT2D eigenvalue weighted by Gasteiger charge is 2.25. The zero-order valence-electron chi connectivity index (χ0n) is 11.1. The standard InChI is InChI=1S/C16H13F2NO2/c17-12-5-3-6-13(18)15(12)16(20)19-8-10-9-21-14-7-2-1-4-11(10)14/h1-7,10H,8-9H2,(H,19,20)/t10-/m0/s1. The van der Waals surface area contributed by atoms with Crippen molar-refractivity contribution in [1.82, 2.24) is 5.32 Å². The minimum absolute atomic E-state index is 0.0139. The molecule has 0 bridgehead atoms. The first kappa shape index (κ1) is 13.5. The van der Waals surface area contributed by atoms with Gasteiger partial charge in [0.2, 0.25) is 0 Å². The maximum absolute atomic E-state index is 13.5. The summed E-state index contributed by atoms with van der Waals surface area (Å²) in [4.78, 5) is 11.9. The molecule has 1 N–H and O–H groups in total. The molecule has 1 atom stereocenters. The van der Waals surface area contributed by atoms with Crippen molar-refractivity contribution < 1.29 is 18.3 Å². The van der Waals surface area contributed by atoms with Crippen LogP contribution >= 0.6 is 0 Å². The number of rotatable bonds is 3. The predicted octanol–water partition coefficient (Wildman–Crippen LogP) is 2.87. The third kappa shape index (κ3) is 2.59. The summed E-state index contributed by atoms with van der Waals surface area (Å²) in [6.07, 6.45) is 0. The van der Waals surface area contributed by atoms with Crippen molar-refractivity contribution >= 4 is 5.91 Å². The lowest BCUT2D eigenvalue weighted by atomic mass is 10.0. The lowest BCUT2D eigenvalue weighted by molar-refractivity contribution is 0.0941. The van der Waals surface area contributed by atoms with Crippen LogP contribution in [0.3, 0.4) is 0 Å². The van der Waals surface area contributed by atoms with Crippen LogP contribution in [0.15, 0.2) is 42.5 Å². The molecule has 0 saturated heterocycles. The fourth-order valence-corrected chi connectivity index (χ4v) is 2.42. The molecule has 1 aliphatic heterocycles. The summed E-state index contributed by atoms with van der Waals surface area (Å²) in [6, 6.07) is 10.9. The van der Waals surface area contributed by atoms with E-state index in [4.69, 9.17) is 4.74 Å². The summed E-state index contributed by atoms with van der Waals surface area (Å²) in [6.45, 7) is 0.711. The van der Waals surface area contributed by atoms with E-state index in [1.807, 2.05) is 24.3 Å². The Balaban J connectivity index is 1.70. The predicted molar refractivity (Wildman–Crippen MR) is 73.4 cm³/mol. The molecule has 3 nitrogen and oxygen atoms in total. The summed E-state index contributed by atoms with van der Waals surface area (Å²) in [5.74, 6) is -1.71. The molecule has 5 heteroatoms. The van der Waals surface area contributed by atoms with Gasteiger partial charge in [0.15, 0.2) is 0 Å². The lowest BCUT2D eigenvalue weighted by Gasteiger charge is -2.11. The number of carbonyl (C=O) groups is 1. The summed E-state index contributed by atoms with van der Waals surface area (Å²) < 4.78 is 32.5. The molecule has 1 heterocycles. The summed E-state index contributed by atoms with van der Waals surface area (Å²) >= 11 is 0. The first-order valence-electron chi connectivity index (χ1n) is 6.60. The van der Waals surface area contributed by atoms with Crippen molar-refractivity contribution in [2.24, 2.45) is 0 Å². The fourth-order valence-electron chi connectivity index (χ4n) is 2.42. The highest BCUT2D eigenvalue weighted by molar-refractivity contribution is 5.94. The van der Waals surface area contributed by atoms with E-state index in [2.05, 4.69) is 5.32 Å². The highest BCUT2D eigenvalue weighted by Crippen LogP contribution is 2.32. The quantitative estimate of drug-likeness (QED) is 0.943. The van der Waals surface area contributed by atoms with Gasteiger partial charge in [-0.15, -0.1) is 0 Å². The third-order valence-corrected chi connectivity index (χ3v) is 3.50. The third-order valence-electron chi connectivity index (χ3n) is 3.50. The van der Waals surface area contributed by atoms with Gasteiger partial charge in [-0.25, -0.2) is 8.78 Å². The zero-order chi connectivity index (χ0) is 14.8. The van der Waals surface area contributed by atoms with E-state index in [0.717, 1.165) is 23.4 Å². The van der Waals surface area contributed by atoms with Crippen molar-refractivity contribution in [2.45, 2.75) is 5.92 Å². The Kier molecular flexibility index (Phi) is 3.56. The number of ether oxygens (including phenoxy) is 1. The second-order valence-electron chi connectivity index (χ2n) is 4.85. The van der Waals surface area contributed by atoms with Crippen molar-refractivity contribution in [3.8, 4) is 5.75 Å². The number of amides is 1. The van der Waals surface area contributed by atoms with E-state index >= 15 is 0 Å². The molecule has 0 aromatic heterocycles. The number of hydrogen-bond donors (Lipinski definition) is 1. The van der Waals surface area contributed by atoms with Crippen LogP contribution in [0.4, 0.5) is 8.78 Å². The van der Waals surface area contributed by atoms with Crippen LogP contribution in [0.25, 0.3) is 0 Å². The van der Waals surface area contributed by atoms with Crippen LogP contribution in [-0.2, 0) is 0 Å². The summed E-state index contributed by atoms with van der Waals surface area (Å²) in [5, 5.41) is 2.56. The van der Waals surface area contributed by atoms with Crippen LogP contribution in [0.5, 0.6) is 5.75 Å². The monoisotopic (exact) mass is 289 g/mol. The largest absolute Gasteiger partial charge is 0.493 e. The van der Waals surface area contributed by atoms with Crippen LogP contribution < -0.4 is 10.1 Å².